The number of rotatable bonds is 4. The highest BCUT2D eigenvalue weighted by molar-refractivity contribution is 5.16. The minimum atomic E-state index is -0.971. The Kier molecular flexibility index (Phi) is 3.64. The van der Waals surface area contributed by atoms with E-state index in [1.807, 2.05) is 0 Å². The molecule has 0 bridgehead atoms. The van der Waals surface area contributed by atoms with E-state index in [9.17, 15) is 20.2 Å². The normalized spacial score (nSPS) is 8.57. The third kappa shape index (κ3) is 2.81. The fraction of sp³-hybridized carbons (Fsp3) is 0. The molecule has 0 unspecified atom stereocenters. The molecule has 0 saturated carbocycles. The molecular weight excluding hydrogens is 202 g/mol. The molecule has 14 heavy (non-hydrogen) atoms. The van der Waals surface area contributed by atoms with Gasteiger partial charge in [-0.2, -0.15) is 0 Å². The van der Waals surface area contributed by atoms with Gasteiger partial charge in [0.25, 0.3) is 0 Å². The molecule has 0 aliphatic heterocycles. The van der Waals surface area contributed by atoms with Crippen LogP contribution in [-0.4, -0.2) is 30.4 Å². The van der Waals surface area contributed by atoms with Crippen LogP contribution in [0.1, 0.15) is 0 Å². The van der Waals surface area contributed by atoms with Crippen molar-refractivity contribution >= 4 is 5.95 Å². The van der Waals surface area contributed by atoms with Crippen molar-refractivity contribution in [2.45, 2.75) is 0 Å². The van der Waals surface area contributed by atoms with E-state index >= 15 is 0 Å². The number of anilines is 1. The van der Waals surface area contributed by atoms with Gasteiger partial charge in [0, 0.05) is 10.0 Å². The topological polar surface area (TPSA) is 189 Å². The molecule has 0 aliphatic carbocycles. The Balaban J connectivity index is 0.00000169. The van der Waals surface area contributed by atoms with Crippen molar-refractivity contribution in [1.29, 1.82) is 0 Å². The molecule has 0 fully saturated rings. The second-order valence-electron chi connectivity index (χ2n) is 1.64. The molecule has 1 heterocycles. The lowest BCUT2D eigenvalue weighted by atomic mass is 11.1. The quantitative estimate of drug-likeness (QED) is 0.373. The maximum absolute atomic E-state index is 9.89. The predicted molar refractivity (Wildman–Crippen MR) is 39.8 cm³/mol. The van der Waals surface area contributed by atoms with Gasteiger partial charge < -0.3 is 16.3 Å². The first kappa shape index (κ1) is 11.4. The second kappa shape index (κ2) is 4.45. The first-order valence-electron chi connectivity index (χ1n) is 2.70. The standard InChI is InChI=1S/CH2N8O4.H3N/c10-8(11)3-1-2-4-5-7(1)6-9(12)13;/h6H,(H,2,3,5);1H3. The Bertz CT molecular complexity index is 299. The van der Waals surface area contributed by atoms with Gasteiger partial charge in [-0.25, -0.2) is 10.1 Å². The highest BCUT2D eigenvalue weighted by atomic mass is 16.7. The number of hydrazine groups is 2. The molecule has 0 radical (unpaired) electrons. The molecule has 0 saturated heterocycles. The third-order valence-corrected chi connectivity index (χ3v) is 0.837. The predicted octanol–water partition coefficient (Wildman–Crippen LogP) is -1.83. The lowest BCUT2D eigenvalue weighted by Crippen LogP contribution is -2.25. The van der Waals surface area contributed by atoms with Gasteiger partial charge >= 0.3 is 5.95 Å². The summed E-state index contributed by atoms with van der Waals surface area (Å²) in [7, 11) is 0. The van der Waals surface area contributed by atoms with Crippen molar-refractivity contribution in [1.82, 2.24) is 26.5 Å². The molecule has 13 nitrogen and oxygen atoms in total. The van der Waals surface area contributed by atoms with E-state index in [0.717, 1.165) is 0 Å². The zero-order valence-corrected chi connectivity index (χ0v) is 6.52. The van der Waals surface area contributed by atoms with Gasteiger partial charge in [-0.3, -0.25) is 0 Å². The molecule has 0 spiro atoms. The Morgan fingerprint density at radius 1 is 1.29 bits per heavy atom. The average Bonchev–Trinajstić information content (AvgIpc) is 2.34. The van der Waals surface area contributed by atoms with E-state index < -0.39 is 16.0 Å². The molecule has 13 heteroatoms. The van der Waals surface area contributed by atoms with E-state index in [0.29, 0.717) is 4.79 Å². The fourth-order valence-corrected chi connectivity index (χ4v) is 0.483. The molecule has 0 aromatic carbocycles. The summed E-state index contributed by atoms with van der Waals surface area (Å²) in [6.45, 7) is 0. The van der Waals surface area contributed by atoms with Crippen LogP contribution in [0.4, 0.5) is 5.95 Å². The fourth-order valence-electron chi connectivity index (χ4n) is 0.483. The van der Waals surface area contributed by atoms with Crippen molar-refractivity contribution in [2.75, 3.05) is 11.0 Å². The van der Waals surface area contributed by atoms with Crippen LogP contribution in [0, 0.1) is 20.2 Å². The maximum Gasteiger partial charge on any atom is 0.421 e. The number of hydrogen-bond acceptors (Lipinski definition) is 8. The van der Waals surface area contributed by atoms with Gasteiger partial charge in [-0.1, -0.05) is 5.10 Å². The molecule has 0 atom stereocenters. The number of aromatic nitrogens is 4. The summed E-state index contributed by atoms with van der Waals surface area (Å²) in [6.07, 6.45) is 0. The van der Waals surface area contributed by atoms with Crippen molar-refractivity contribution in [3.63, 3.8) is 0 Å². The molecule has 1 aromatic heterocycles. The minimum absolute atomic E-state index is 0. The number of nitrogens with one attached hydrogen (secondary N) is 2. The summed E-state index contributed by atoms with van der Waals surface area (Å²) in [5.74, 6) is -0.498. The monoisotopic (exact) mass is 207 g/mol. The van der Waals surface area contributed by atoms with E-state index in [1.54, 1.807) is 5.43 Å². The lowest BCUT2D eigenvalue weighted by Gasteiger charge is -1.94. The van der Waals surface area contributed by atoms with Gasteiger partial charge in [0.2, 0.25) is 0 Å². The molecule has 78 valence electrons. The summed E-state index contributed by atoms with van der Waals surface area (Å²) in [5, 5.41) is 26.9. The largest absolute Gasteiger partial charge is 0.421 e. The lowest BCUT2D eigenvalue weighted by molar-refractivity contribution is -0.465. The highest BCUT2D eigenvalue weighted by Gasteiger charge is 2.17. The number of tetrazole rings is 1. The van der Waals surface area contributed by atoms with Crippen LogP contribution in [-0.2, 0) is 0 Å². The van der Waals surface area contributed by atoms with Gasteiger partial charge in [0.15, 0.2) is 5.03 Å². The second-order valence-corrected chi connectivity index (χ2v) is 1.64. The van der Waals surface area contributed by atoms with Crippen molar-refractivity contribution in [3.8, 4) is 0 Å². The molecule has 0 amide bonds. The van der Waals surface area contributed by atoms with E-state index in [-0.39, 0.29) is 6.15 Å². The maximum atomic E-state index is 9.89. The van der Waals surface area contributed by atoms with Crippen LogP contribution in [0.5, 0.6) is 0 Å². The Labute approximate surface area is 74.9 Å². The van der Waals surface area contributed by atoms with Crippen LogP contribution >= 0.6 is 0 Å². The minimum Gasteiger partial charge on any atom is -0.344 e. The smallest absolute Gasteiger partial charge is 0.344 e. The average molecular weight is 207 g/mol. The Hall–Kier alpha value is -2.57. The van der Waals surface area contributed by atoms with Gasteiger partial charge in [0.05, 0.1) is 10.2 Å². The van der Waals surface area contributed by atoms with Crippen LogP contribution in [0.15, 0.2) is 0 Å². The summed E-state index contributed by atoms with van der Waals surface area (Å²) in [4.78, 5) is 20.2. The number of nitro groups is 2. The Morgan fingerprint density at radius 2 is 1.93 bits per heavy atom. The first-order valence-corrected chi connectivity index (χ1v) is 2.70. The van der Waals surface area contributed by atoms with E-state index in [2.05, 4.69) is 15.5 Å². The summed E-state index contributed by atoms with van der Waals surface area (Å²) < 4.78 is 0. The van der Waals surface area contributed by atoms with Crippen molar-refractivity contribution in [3.05, 3.63) is 20.2 Å². The summed E-state index contributed by atoms with van der Waals surface area (Å²) >= 11 is 0. The van der Waals surface area contributed by atoms with Gasteiger partial charge in [0.1, 0.15) is 0 Å². The molecule has 1 rings (SSSR count). The van der Waals surface area contributed by atoms with Gasteiger partial charge in [-0.05, 0) is 11.0 Å². The highest BCUT2D eigenvalue weighted by Crippen LogP contribution is 1.94. The van der Waals surface area contributed by atoms with Crippen molar-refractivity contribution in [2.24, 2.45) is 0 Å². The molecule has 1 aromatic rings. The van der Waals surface area contributed by atoms with E-state index in [4.69, 9.17) is 0 Å². The van der Waals surface area contributed by atoms with Crippen molar-refractivity contribution < 1.29 is 10.1 Å². The van der Waals surface area contributed by atoms with Crippen LogP contribution < -0.4 is 17.1 Å². The number of hydrogen-bond donors (Lipinski definition) is 3. The Morgan fingerprint density at radius 3 is 2.43 bits per heavy atom. The number of nitrogens with zero attached hydrogens (tertiary/aromatic N) is 6. The molecule has 5 N–H and O–H groups in total. The third-order valence-electron chi connectivity index (χ3n) is 0.837. The molecule has 0 aliphatic rings. The van der Waals surface area contributed by atoms with Gasteiger partial charge in [-0.15, -0.1) is 0 Å². The van der Waals surface area contributed by atoms with Crippen LogP contribution in [0.2, 0.25) is 0 Å². The molecular formula is CH5N9O4. The zero-order chi connectivity index (χ0) is 9.84. The first-order chi connectivity index (χ1) is 6.09. The van der Waals surface area contributed by atoms with Crippen LogP contribution in [0.25, 0.3) is 0 Å². The van der Waals surface area contributed by atoms with E-state index in [1.165, 1.54) is 5.53 Å². The SMILES string of the molecule is N.O=[N+]([O-])Nc1nnnn1N[N+](=O)[O-]. The van der Waals surface area contributed by atoms with Crippen LogP contribution in [0.3, 0.4) is 0 Å². The summed E-state index contributed by atoms with van der Waals surface area (Å²) in [6, 6.07) is 0. The zero-order valence-electron chi connectivity index (χ0n) is 6.52. The summed E-state index contributed by atoms with van der Waals surface area (Å²) in [5.41, 5.74) is 3.04.